The molecule has 178 valence electrons. The summed E-state index contributed by atoms with van der Waals surface area (Å²) in [6.45, 7) is 0.929. The molecule has 1 N–H and O–H groups in total. The normalized spacial score (nSPS) is 17.0. The second kappa shape index (κ2) is 9.11. The molecule has 3 aromatic rings. The quantitative estimate of drug-likeness (QED) is 0.543. The van der Waals surface area contributed by atoms with Gasteiger partial charge >= 0.3 is 0 Å². The Labute approximate surface area is 196 Å². The topological polar surface area (TPSA) is 113 Å². The van der Waals surface area contributed by atoms with E-state index in [0.29, 0.717) is 11.9 Å². The molecule has 1 aliphatic carbocycles. The zero-order valence-corrected chi connectivity index (χ0v) is 19.2. The number of amides is 1. The summed E-state index contributed by atoms with van der Waals surface area (Å²) < 4.78 is 42.1. The summed E-state index contributed by atoms with van der Waals surface area (Å²) >= 11 is 0. The van der Waals surface area contributed by atoms with Crippen molar-refractivity contribution in [1.82, 2.24) is 29.4 Å². The van der Waals surface area contributed by atoms with Crippen molar-refractivity contribution in [1.29, 1.82) is 0 Å². The highest BCUT2D eigenvalue weighted by atomic mass is 32.2. The van der Waals surface area contributed by atoms with Crippen LogP contribution in [-0.4, -0.2) is 76.5 Å². The van der Waals surface area contributed by atoms with Gasteiger partial charge in [0.1, 0.15) is 5.82 Å². The molecule has 2 fully saturated rings. The summed E-state index contributed by atoms with van der Waals surface area (Å²) in [4.78, 5) is 14.3. The van der Waals surface area contributed by atoms with Gasteiger partial charge in [0.25, 0.3) is 0 Å². The lowest BCUT2D eigenvalue weighted by Crippen LogP contribution is -2.51. The number of benzene rings is 2. The Balaban J connectivity index is 1.17. The molecule has 0 radical (unpaired) electrons. The van der Waals surface area contributed by atoms with Crippen molar-refractivity contribution in [2.75, 3.05) is 38.0 Å². The molecular weight excluding hydrogens is 461 g/mol. The number of carbonyl (C=O) groups is 1. The van der Waals surface area contributed by atoms with Gasteiger partial charge in [0.2, 0.25) is 15.9 Å². The van der Waals surface area contributed by atoms with Crippen LogP contribution in [0, 0.1) is 5.82 Å². The molecule has 12 heteroatoms. The largest absolute Gasteiger partial charge is 0.376 e. The number of anilines is 1. The van der Waals surface area contributed by atoms with E-state index in [0.717, 1.165) is 30.2 Å². The lowest BCUT2D eigenvalue weighted by Gasteiger charge is -2.34. The van der Waals surface area contributed by atoms with Gasteiger partial charge in [-0.2, -0.15) is 4.31 Å². The number of piperazine rings is 1. The molecule has 0 unspecified atom stereocenters. The number of hydrogen-bond acceptors (Lipinski definition) is 7. The molecule has 1 saturated heterocycles. The average Bonchev–Trinajstić information content (AvgIpc) is 3.58. The van der Waals surface area contributed by atoms with E-state index >= 15 is 0 Å². The maximum absolute atomic E-state index is 13.5. The SMILES string of the molecule is O=C(CNc1cccc(-c2nnnn2C2CC2)c1)N1CCN(S(=O)(=O)c2cccc(F)c2)CC1. The molecule has 34 heavy (non-hydrogen) atoms. The third-order valence-corrected chi connectivity index (χ3v) is 7.87. The fourth-order valence-corrected chi connectivity index (χ4v) is 5.42. The number of carbonyl (C=O) groups excluding carboxylic acids is 1. The molecule has 2 heterocycles. The van der Waals surface area contributed by atoms with Gasteiger partial charge in [0, 0.05) is 37.4 Å². The minimum absolute atomic E-state index is 0.0770. The predicted octanol–water partition coefficient (Wildman–Crippen LogP) is 1.76. The molecule has 10 nitrogen and oxygen atoms in total. The summed E-state index contributed by atoms with van der Waals surface area (Å²) in [6, 6.07) is 12.9. The van der Waals surface area contributed by atoms with Crippen LogP contribution >= 0.6 is 0 Å². The summed E-state index contributed by atoms with van der Waals surface area (Å²) in [6.07, 6.45) is 2.14. The first-order chi connectivity index (χ1) is 16.4. The Kier molecular flexibility index (Phi) is 6.00. The fourth-order valence-electron chi connectivity index (χ4n) is 3.96. The highest BCUT2D eigenvalue weighted by Gasteiger charge is 2.30. The molecule has 0 atom stereocenters. The van der Waals surface area contributed by atoms with E-state index in [1.165, 1.54) is 22.5 Å². The van der Waals surface area contributed by atoms with Crippen LogP contribution in [0.1, 0.15) is 18.9 Å². The first-order valence-electron chi connectivity index (χ1n) is 11.1. The summed E-state index contributed by atoms with van der Waals surface area (Å²) in [5, 5.41) is 15.1. The van der Waals surface area contributed by atoms with Gasteiger partial charge in [-0.05, 0) is 53.6 Å². The molecule has 1 saturated carbocycles. The van der Waals surface area contributed by atoms with E-state index < -0.39 is 15.8 Å². The Bertz CT molecular complexity index is 1300. The van der Waals surface area contributed by atoms with Gasteiger partial charge in [0.05, 0.1) is 17.5 Å². The van der Waals surface area contributed by atoms with Crippen molar-refractivity contribution in [3.05, 3.63) is 54.3 Å². The molecule has 1 aliphatic heterocycles. The monoisotopic (exact) mass is 485 g/mol. The van der Waals surface area contributed by atoms with Crippen molar-refractivity contribution in [2.45, 2.75) is 23.8 Å². The predicted molar refractivity (Wildman–Crippen MR) is 122 cm³/mol. The first-order valence-corrected chi connectivity index (χ1v) is 12.5. The van der Waals surface area contributed by atoms with Gasteiger partial charge < -0.3 is 10.2 Å². The smallest absolute Gasteiger partial charge is 0.243 e. The minimum Gasteiger partial charge on any atom is -0.376 e. The highest BCUT2D eigenvalue weighted by molar-refractivity contribution is 7.89. The lowest BCUT2D eigenvalue weighted by atomic mass is 10.2. The maximum Gasteiger partial charge on any atom is 0.243 e. The van der Waals surface area contributed by atoms with Crippen LogP contribution in [0.2, 0.25) is 0 Å². The van der Waals surface area contributed by atoms with E-state index in [4.69, 9.17) is 0 Å². The van der Waals surface area contributed by atoms with Crippen molar-refractivity contribution in [3.63, 3.8) is 0 Å². The van der Waals surface area contributed by atoms with Gasteiger partial charge in [-0.3, -0.25) is 4.79 Å². The highest BCUT2D eigenvalue weighted by Crippen LogP contribution is 2.36. The van der Waals surface area contributed by atoms with Gasteiger partial charge in [-0.25, -0.2) is 17.5 Å². The molecule has 1 aromatic heterocycles. The third-order valence-electron chi connectivity index (χ3n) is 5.98. The van der Waals surface area contributed by atoms with Crippen LogP contribution in [0.15, 0.2) is 53.4 Å². The van der Waals surface area contributed by atoms with Crippen LogP contribution in [-0.2, 0) is 14.8 Å². The van der Waals surface area contributed by atoms with Crippen LogP contribution in [0.3, 0.4) is 0 Å². The van der Waals surface area contributed by atoms with Crippen LogP contribution in [0.25, 0.3) is 11.4 Å². The summed E-state index contributed by atoms with van der Waals surface area (Å²) in [7, 11) is -3.80. The van der Waals surface area contributed by atoms with E-state index in [1.807, 2.05) is 28.9 Å². The summed E-state index contributed by atoms with van der Waals surface area (Å²) in [5.74, 6) is -0.0294. The maximum atomic E-state index is 13.5. The number of nitrogens with one attached hydrogen (secondary N) is 1. The lowest BCUT2D eigenvalue weighted by molar-refractivity contribution is -0.130. The second-order valence-electron chi connectivity index (χ2n) is 8.35. The third kappa shape index (κ3) is 4.64. The Morgan fingerprint density at radius 2 is 1.82 bits per heavy atom. The number of nitrogens with zero attached hydrogens (tertiary/aromatic N) is 6. The molecule has 2 aliphatic rings. The van der Waals surface area contributed by atoms with E-state index in [9.17, 15) is 17.6 Å². The standard InChI is InChI=1S/C22H24FN7O3S/c23-17-4-2-6-20(14-17)34(32,33)29-11-9-28(10-12-29)21(31)15-24-18-5-1-3-16(13-18)22-25-26-27-30(22)19-7-8-19/h1-6,13-14,19,24H,7-12,15H2. The minimum atomic E-state index is -3.80. The average molecular weight is 486 g/mol. The van der Waals surface area contributed by atoms with Gasteiger partial charge in [0.15, 0.2) is 5.82 Å². The van der Waals surface area contributed by atoms with Gasteiger partial charge in [-0.15, -0.1) is 5.10 Å². The first kappa shape index (κ1) is 22.4. The zero-order chi connectivity index (χ0) is 23.7. The van der Waals surface area contributed by atoms with E-state index in [1.54, 1.807) is 4.90 Å². The number of aromatic nitrogens is 4. The van der Waals surface area contributed by atoms with Crippen molar-refractivity contribution >= 4 is 21.6 Å². The summed E-state index contributed by atoms with van der Waals surface area (Å²) in [5.41, 5.74) is 1.63. The molecule has 1 amide bonds. The van der Waals surface area contributed by atoms with E-state index in [2.05, 4.69) is 20.8 Å². The number of sulfonamides is 1. The Morgan fingerprint density at radius 3 is 2.56 bits per heavy atom. The van der Waals surface area contributed by atoms with E-state index in [-0.39, 0.29) is 43.5 Å². The Hall–Kier alpha value is -3.38. The van der Waals surface area contributed by atoms with Crippen molar-refractivity contribution in [3.8, 4) is 11.4 Å². The molecule has 5 rings (SSSR count). The Morgan fingerprint density at radius 1 is 1.06 bits per heavy atom. The number of halogens is 1. The number of tetrazole rings is 1. The van der Waals surface area contributed by atoms with Crippen molar-refractivity contribution in [2.24, 2.45) is 0 Å². The van der Waals surface area contributed by atoms with Crippen molar-refractivity contribution < 1.29 is 17.6 Å². The number of hydrogen-bond donors (Lipinski definition) is 1. The molecule has 0 spiro atoms. The number of rotatable bonds is 7. The van der Waals surface area contributed by atoms with Crippen LogP contribution in [0.5, 0.6) is 0 Å². The fraction of sp³-hybridized carbons (Fsp3) is 0.364. The van der Waals surface area contributed by atoms with Gasteiger partial charge in [-0.1, -0.05) is 18.2 Å². The molecular formula is C22H24FN7O3S. The zero-order valence-electron chi connectivity index (χ0n) is 18.3. The van der Waals surface area contributed by atoms with Crippen LogP contribution in [0.4, 0.5) is 10.1 Å². The second-order valence-corrected chi connectivity index (χ2v) is 10.3. The van der Waals surface area contributed by atoms with Crippen LogP contribution < -0.4 is 5.32 Å². The molecule has 2 aromatic carbocycles. The molecule has 0 bridgehead atoms.